The monoisotopic (exact) mass is 284 g/mol. The molecule has 0 spiro atoms. The van der Waals surface area contributed by atoms with Crippen LogP contribution in [0.3, 0.4) is 0 Å². The van der Waals surface area contributed by atoms with E-state index in [4.69, 9.17) is 5.26 Å². The van der Waals surface area contributed by atoms with Gasteiger partial charge < -0.3 is 4.90 Å². The molecule has 0 atom stereocenters. The number of nitriles is 1. The molecule has 1 fully saturated rings. The van der Waals surface area contributed by atoms with Crippen LogP contribution in [0.5, 0.6) is 0 Å². The van der Waals surface area contributed by atoms with Crippen LogP contribution in [0.15, 0.2) is 35.8 Å². The van der Waals surface area contributed by atoms with E-state index in [0.717, 1.165) is 38.5 Å². The van der Waals surface area contributed by atoms with Gasteiger partial charge >= 0.3 is 0 Å². The van der Waals surface area contributed by atoms with Crippen LogP contribution in [-0.2, 0) is 6.54 Å². The summed E-state index contributed by atoms with van der Waals surface area (Å²) in [5.74, 6) is 0.972. The Labute approximate surface area is 122 Å². The van der Waals surface area contributed by atoms with Gasteiger partial charge in [0.2, 0.25) is 0 Å². The largest absolute Gasteiger partial charge is 0.354 e. The number of thiophene rings is 1. The molecule has 20 heavy (non-hydrogen) atoms. The molecule has 0 unspecified atom stereocenters. The van der Waals surface area contributed by atoms with Crippen molar-refractivity contribution in [2.45, 2.75) is 6.54 Å². The molecular weight excluding hydrogens is 268 g/mol. The maximum atomic E-state index is 8.79. The van der Waals surface area contributed by atoms with E-state index >= 15 is 0 Å². The SMILES string of the molecule is N#Cc1ccc(N2CCN(Cc3cccs3)CC2)nc1. The van der Waals surface area contributed by atoms with Crippen LogP contribution in [0.25, 0.3) is 0 Å². The average molecular weight is 284 g/mol. The summed E-state index contributed by atoms with van der Waals surface area (Å²) in [5.41, 5.74) is 0.616. The van der Waals surface area contributed by atoms with Gasteiger partial charge in [-0.1, -0.05) is 6.07 Å². The Morgan fingerprint density at radius 2 is 2.05 bits per heavy atom. The third kappa shape index (κ3) is 2.98. The Balaban J connectivity index is 1.56. The third-order valence-electron chi connectivity index (χ3n) is 3.53. The molecule has 1 aliphatic heterocycles. The summed E-state index contributed by atoms with van der Waals surface area (Å²) in [5, 5.41) is 10.9. The number of rotatable bonds is 3. The van der Waals surface area contributed by atoms with Gasteiger partial charge in [0.05, 0.1) is 5.56 Å². The second kappa shape index (κ2) is 6.04. The first-order valence-corrected chi connectivity index (χ1v) is 7.59. The lowest BCUT2D eigenvalue weighted by atomic mass is 10.2. The summed E-state index contributed by atoms with van der Waals surface area (Å²) in [4.78, 5) is 10.5. The van der Waals surface area contributed by atoms with Crippen molar-refractivity contribution in [3.63, 3.8) is 0 Å². The quantitative estimate of drug-likeness (QED) is 0.867. The summed E-state index contributed by atoms with van der Waals surface area (Å²) >= 11 is 1.82. The molecule has 0 aromatic carbocycles. The maximum Gasteiger partial charge on any atom is 0.128 e. The molecule has 0 radical (unpaired) electrons. The van der Waals surface area contributed by atoms with E-state index in [0.29, 0.717) is 5.56 Å². The fourth-order valence-electron chi connectivity index (χ4n) is 2.40. The van der Waals surface area contributed by atoms with E-state index in [1.165, 1.54) is 4.88 Å². The number of nitrogens with zero attached hydrogens (tertiary/aromatic N) is 4. The van der Waals surface area contributed by atoms with Crippen molar-refractivity contribution in [1.82, 2.24) is 9.88 Å². The third-order valence-corrected chi connectivity index (χ3v) is 4.39. The van der Waals surface area contributed by atoms with E-state index in [9.17, 15) is 0 Å². The number of piperazine rings is 1. The summed E-state index contributed by atoms with van der Waals surface area (Å²) < 4.78 is 0. The van der Waals surface area contributed by atoms with E-state index in [2.05, 4.69) is 38.4 Å². The van der Waals surface area contributed by atoms with Gasteiger partial charge in [0.25, 0.3) is 0 Å². The van der Waals surface area contributed by atoms with Gasteiger partial charge in [-0.15, -0.1) is 11.3 Å². The maximum absolute atomic E-state index is 8.79. The molecule has 0 saturated carbocycles. The molecule has 0 amide bonds. The zero-order chi connectivity index (χ0) is 13.8. The Morgan fingerprint density at radius 1 is 1.20 bits per heavy atom. The first-order chi connectivity index (χ1) is 9.85. The standard InChI is InChI=1S/C15H16N4S/c16-10-13-3-4-15(17-11-13)19-7-5-18(6-8-19)12-14-2-1-9-20-14/h1-4,9,11H,5-8,12H2. The molecule has 3 rings (SSSR count). The van der Waals surface area contributed by atoms with Crippen LogP contribution >= 0.6 is 11.3 Å². The number of anilines is 1. The van der Waals surface area contributed by atoms with Crippen molar-refractivity contribution >= 4 is 17.2 Å². The van der Waals surface area contributed by atoms with Gasteiger partial charge in [-0.25, -0.2) is 4.98 Å². The predicted octanol–water partition coefficient (Wildman–Crippen LogP) is 2.34. The fraction of sp³-hybridized carbons (Fsp3) is 0.333. The Hall–Kier alpha value is -1.90. The Kier molecular flexibility index (Phi) is 3.95. The van der Waals surface area contributed by atoms with E-state index < -0.39 is 0 Å². The van der Waals surface area contributed by atoms with Crippen molar-refractivity contribution in [3.05, 3.63) is 46.3 Å². The highest BCUT2D eigenvalue weighted by atomic mass is 32.1. The van der Waals surface area contributed by atoms with E-state index in [-0.39, 0.29) is 0 Å². The van der Waals surface area contributed by atoms with Crippen LogP contribution in [-0.4, -0.2) is 36.1 Å². The highest BCUT2D eigenvalue weighted by Gasteiger charge is 2.18. The van der Waals surface area contributed by atoms with Crippen molar-refractivity contribution in [3.8, 4) is 6.07 Å². The van der Waals surface area contributed by atoms with Crippen molar-refractivity contribution < 1.29 is 0 Å². The second-order valence-corrected chi connectivity index (χ2v) is 5.89. The summed E-state index contributed by atoms with van der Waals surface area (Å²) in [6, 6.07) is 10.2. The molecule has 0 N–H and O–H groups in total. The van der Waals surface area contributed by atoms with Crippen LogP contribution in [0.2, 0.25) is 0 Å². The lowest BCUT2D eigenvalue weighted by Crippen LogP contribution is -2.46. The van der Waals surface area contributed by atoms with E-state index in [1.54, 1.807) is 6.20 Å². The molecule has 5 heteroatoms. The van der Waals surface area contributed by atoms with Gasteiger partial charge in [0, 0.05) is 43.8 Å². The number of aromatic nitrogens is 1. The summed E-state index contributed by atoms with van der Waals surface area (Å²) in [6.45, 7) is 5.14. The molecule has 0 aliphatic carbocycles. The zero-order valence-electron chi connectivity index (χ0n) is 11.2. The van der Waals surface area contributed by atoms with Gasteiger partial charge in [-0.05, 0) is 23.6 Å². The van der Waals surface area contributed by atoms with E-state index in [1.807, 2.05) is 23.5 Å². The molecule has 1 aliphatic rings. The molecule has 2 aromatic heterocycles. The lowest BCUT2D eigenvalue weighted by molar-refractivity contribution is 0.251. The van der Waals surface area contributed by atoms with Crippen LogP contribution in [0.4, 0.5) is 5.82 Å². The molecule has 3 heterocycles. The van der Waals surface area contributed by atoms with Crippen molar-refractivity contribution in [2.24, 2.45) is 0 Å². The molecular formula is C15H16N4S. The second-order valence-electron chi connectivity index (χ2n) is 4.86. The Morgan fingerprint density at radius 3 is 2.65 bits per heavy atom. The summed E-state index contributed by atoms with van der Waals surface area (Å²) in [6.07, 6.45) is 1.65. The van der Waals surface area contributed by atoms with Gasteiger partial charge in [-0.3, -0.25) is 4.90 Å². The normalized spacial score (nSPS) is 16.1. The zero-order valence-corrected chi connectivity index (χ0v) is 12.0. The topological polar surface area (TPSA) is 43.2 Å². The molecule has 4 nitrogen and oxygen atoms in total. The smallest absolute Gasteiger partial charge is 0.128 e. The van der Waals surface area contributed by atoms with Gasteiger partial charge in [0.1, 0.15) is 11.9 Å². The highest BCUT2D eigenvalue weighted by Crippen LogP contribution is 2.17. The Bertz CT molecular complexity index is 577. The lowest BCUT2D eigenvalue weighted by Gasteiger charge is -2.35. The number of hydrogen-bond donors (Lipinski definition) is 0. The predicted molar refractivity (Wildman–Crippen MR) is 80.8 cm³/mol. The minimum absolute atomic E-state index is 0.616. The van der Waals surface area contributed by atoms with Gasteiger partial charge in [-0.2, -0.15) is 5.26 Å². The number of pyridine rings is 1. The molecule has 1 saturated heterocycles. The summed E-state index contributed by atoms with van der Waals surface area (Å²) in [7, 11) is 0. The van der Waals surface area contributed by atoms with Crippen LogP contribution < -0.4 is 4.90 Å². The minimum Gasteiger partial charge on any atom is -0.354 e. The molecule has 2 aromatic rings. The van der Waals surface area contributed by atoms with Crippen LogP contribution in [0, 0.1) is 11.3 Å². The first-order valence-electron chi connectivity index (χ1n) is 6.71. The van der Waals surface area contributed by atoms with Crippen molar-refractivity contribution in [1.29, 1.82) is 5.26 Å². The van der Waals surface area contributed by atoms with Gasteiger partial charge in [0.15, 0.2) is 0 Å². The van der Waals surface area contributed by atoms with Crippen molar-refractivity contribution in [2.75, 3.05) is 31.1 Å². The average Bonchev–Trinajstić information content (AvgIpc) is 3.01. The van der Waals surface area contributed by atoms with Crippen LogP contribution in [0.1, 0.15) is 10.4 Å². The first kappa shape index (κ1) is 13.1. The fourth-order valence-corrected chi connectivity index (χ4v) is 3.14. The highest BCUT2D eigenvalue weighted by molar-refractivity contribution is 7.09. The number of hydrogen-bond acceptors (Lipinski definition) is 5. The minimum atomic E-state index is 0.616. The molecule has 102 valence electrons. The molecule has 0 bridgehead atoms.